The van der Waals surface area contributed by atoms with Crippen LogP contribution >= 0.6 is 11.6 Å². The highest BCUT2D eigenvalue weighted by atomic mass is 35.5. The summed E-state index contributed by atoms with van der Waals surface area (Å²) in [5, 5.41) is 14.2. The van der Waals surface area contributed by atoms with Gasteiger partial charge in [0, 0.05) is 17.6 Å². The monoisotopic (exact) mass is 389 g/mol. The fraction of sp³-hybridized carbons (Fsp3) is 0.0556. The molecular weight excluding hydrogens is 379 g/mol. The minimum absolute atomic E-state index is 0.190. The van der Waals surface area contributed by atoms with Gasteiger partial charge >= 0.3 is 6.18 Å². The van der Waals surface area contributed by atoms with Gasteiger partial charge in [-0.1, -0.05) is 11.6 Å². The van der Waals surface area contributed by atoms with Crippen molar-refractivity contribution >= 4 is 34.7 Å². The molecule has 3 aromatic rings. The topological polar surface area (TPSA) is 73.6 Å². The maximum Gasteiger partial charge on any atom is 0.417 e. The molecule has 0 radical (unpaired) electrons. The minimum Gasteiger partial charge on any atom is -0.340 e. The Labute approximate surface area is 157 Å². The molecule has 2 aromatic carbocycles. The molecule has 0 amide bonds. The fourth-order valence-electron chi connectivity index (χ4n) is 2.21. The van der Waals surface area contributed by atoms with Crippen molar-refractivity contribution in [2.45, 2.75) is 6.18 Å². The van der Waals surface area contributed by atoms with Crippen molar-refractivity contribution in [1.82, 2.24) is 9.97 Å². The molecule has 3 rings (SSSR count). The van der Waals surface area contributed by atoms with Gasteiger partial charge in [-0.25, -0.2) is 4.98 Å². The molecule has 0 bridgehead atoms. The van der Waals surface area contributed by atoms with Gasteiger partial charge in [-0.2, -0.15) is 23.4 Å². The summed E-state index contributed by atoms with van der Waals surface area (Å²) >= 11 is 5.62. The van der Waals surface area contributed by atoms with Crippen LogP contribution in [0.25, 0.3) is 0 Å². The van der Waals surface area contributed by atoms with Crippen LogP contribution in [-0.4, -0.2) is 9.97 Å². The maximum absolute atomic E-state index is 13.0. The number of benzene rings is 2. The number of nitriles is 1. The van der Waals surface area contributed by atoms with Crippen LogP contribution in [0.3, 0.4) is 0 Å². The molecule has 5 nitrogen and oxygen atoms in total. The third-order valence-corrected chi connectivity index (χ3v) is 3.80. The molecule has 136 valence electrons. The molecule has 0 atom stereocenters. The maximum atomic E-state index is 13.0. The molecule has 1 aromatic heterocycles. The Morgan fingerprint density at radius 1 is 0.963 bits per heavy atom. The van der Waals surface area contributed by atoms with Crippen molar-refractivity contribution in [3.05, 3.63) is 70.9 Å². The van der Waals surface area contributed by atoms with E-state index in [4.69, 9.17) is 16.9 Å². The van der Waals surface area contributed by atoms with E-state index in [9.17, 15) is 13.2 Å². The average molecular weight is 390 g/mol. The molecule has 1 heterocycles. The molecule has 0 unspecified atom stereocenters. The normalized spacial score (nSPS) is 10.9. The van der Waals surface area contributed by atoms with Gasteiger partial charge in [-0.15, -0.1) is 0 Å². The van der Waals surface area contributed by atoms with E-state index < -0.39 is 11.7 Å². The van der Waals surface area contributed by atoms with E-state index in [1.54, 1.807) is 24.3 Å². The van der Waals surface area contributed by atoms with Crippen molar-refractivity contribution in [3.8, 4) is 6.07 Å². The summed E-state index contributed by atoms with van der Waals surface area (Å²) in [6, 6.07) is 13.7. The first-order valence-corrected chi connectivity index (χ1v) is 7.97. The van der Waals surface area contributed by atoms with E-state index >= 15 is 0 Å². The zero-order valence-electron chi connectivity index (χ0n) is 13.5. The summed E-state index contributed by atoms with van der Waals surface area (Å²) in [6.07, 6.45) is -3.09. The number of nitrogens with zero attached hydrogens (tertiary/aromatic N) is 3. The van der Waals surface area contributed by atoms with Crippen molar-refractivity contribution in [2.24, 2.45) is 0 Å². The van der Waals surface area contributed by atoms with Crippen LogP contribution in [0.15, 0.2) is 54.7 Å². The first-order chi connectivity index (χ1) is 12.8. The van der Waals surface area contributed by atoms with Gasteiger partial charge in [-0.3, -0.25) is 0 Å². The molecule has 9 heteroatoms. The summed E-state index contributed by atoms with van der Waals surface area (Å²) in [5.74, 6) is 0.548. The van der Waals surface area contributed by atoms with Gasteiger partial charge < -0.3 is 10.6 Å². The van der Waals surface area contributed by atoms with E-state index in [-0.39, 0.29) is 16.7 Å². The van der Waals surface area contributed by atoms with E-state index in [1.165, 1.54) is 24.4 Å². The summed E-state index contributed by atoms with van der Waals surface area (Å²) in [4.78, 5) is 8.27. The minimum atomic E-state index is -4.55. The number of alkyl halides is 3. The number of anilines is 4. The number of aromatic nitrogens is 2. The Kier molecular flexibility index (Phi) is 5.14. The van der Waals surface area contributed by atoms with Crippen molar-refractivity contribution < 1.29 is 13.2 Å². The van der Waals surface area contributed by atoms with Crippen LogP contribution in [0.4, 0.5) is 36.3 Å². The second-order valence-corrected chi connectivity index (χ2v) is 5.80. The molecule has 0 aliphatic rings. The van der Waals surface area contributed by atoms with E-state index in [0.717, 1.165) is 6.07 Å². The number of nitrogens with one attached hydrogen (secondary N) is 2. The fourth-order valence-corrected chi connectivity index (χ4v) is 2.44. The largest absolute Gasteiger partial charge is 0.417 e. The Bertz CT molecular complexity index is 997. The van der Waals surface area contributed by atoms with Crippen LogP contribution < -0.4 is 10.6 Å². The van der Waals surface area contributed by atoms with Gasteiger partial charge in [0.25, 0.3) is 0 Å². The predicted octanol–water partition coefficient (Wildman–Crippen LogP) is 5.51. The lowest BCUT2D eigenvalue weighted by Crippen LogP contribution is -2.07. The number of hydrogen-bond acceptors (Lipinski definition) is 5. The molecule has 0 aliphatic carbocycles. The molecule has 0 saturated heterocycles. The Balaban J connectivity index is 1.79. The Hall–Kier alpha value is -3.31. The standard InChI is InChI=1S/C18H11ClF3N5/c19-15-6-5-13(9-14(15)18(20,21)22)25-16-7-8-24-17(27-16)26-12-3-1-11(10-23)2-4-12/h1-9H,(H2,24,25,26,27). The first kappa shape index (κ1) is 18.5. The van der Waals surface area contributed by atoms with E-state index in [0.29, 0.717) is 17.1 Å². The van der Waals surface area contributed by atoms with Crippen molar-refractivity contribution in [3.63, 3.8) is 0 Å². The lowest BCUT2D eigenvalue weighted by atomic mass is 10.2. The van der Waals surface area contributed by atoms with E-state index in [2.05, 4.69) is 20.6 Å². The summed E-state index contributed by atoms with van der Waals surface area (Å²) in [6.45, 7) is 0. The zero-order valence-corrected chi connectivity index (χ0v) is 14.3. The smallest absolute Gasteiger partial charge is 0.340 e. The second-order valence-electron chi connectivity index (χ2n) is 5.40. The van der Waals surface area contributed by atoms with Gasteiger partial charge in [0.1, 0.15) is 5.82 Å². The van der Waals surface area contributed by atoms with Crippen LogP contribution in [0.5, 0.6) is 0 Å². The van der Waals surface area contributed by atoms with Crippen LogP contribution in [0.1, 0.15) is 11.1 Å². The molecule has 2 N–H and O–H groups in total. The molecule has 0 aliphatic heterocycles. The van der Waals surface area contributed by atoms with Crippen molar-refractivity contribution in [1.29, 1.82) is 5.26 Å². The summed E-state index contributed by atoms with van der Waals surface area (Å²) < 4.78 is 38.9. The van der Waals surface area contributed by atoms with Gasteiger partial charge in [-0.05, 0) is 48.5 Å². The zero-order chi connectivity index (χ0) is 19.4. The molecule has 0 spiro atoms. The van der Waals surface area contributed by atoms with Crippen LogP contribution in [0.2, 0.25) is 5.02 Å². The number of halogens is 4. The number of rotatable bonds is 4. The van der Waals surface area contributed by atoms with Gasteiger partial charge in [0.2, 0.25) is 5.95 Å². The van der Waals surface area contributed by atoms with Gasteiger partial charge in [0.05, 0.1) is 22.2 Å². The SMILES string of the molecule is N#Cc1ccc(Nc2nccc(Nc3ccc(Cl)c(C(F)(F)F)c3)n2)cc1. The second kappa shape index (κ2) is 7.51. The predicted molar refractivity (Wildman–Crippen MR) is 96.2 cm³/mol. The highest BCUT2D eigenvalue weighted by Gasteiger charge is 2.33. The highest BCUT2D eigenvalue weighted by molar-refractivity contribution is 6.31. The quantitative estimate of drug-likeness (QED) is 0.615. The lowest BCUT2D eigenvalue weighted by Gasteiger charge is -2.12. The third-order valence-electron chi connectivity index (χ3n) is 3.47. The van der Waals surface area contributed by atoms with Crippen LogP contribution in [-0.2, 0) is 6.18 Å². The number of hydrogen-bond donors (Lipinski definition) is 2. The molecule has 0 fully saturated rings. The van der Waals surface area contributed by atoms with Gasteiger partial charge in [0.15, 0.2) is 0 Å². The first-order valence-electron chi connectivity index (χ1n) is 7.59. The highest BCUT2D eigenvalue weighted by Crippen LogP contribution is 2.36. The van der Waals surface area contributed by atoms with Crippen LogP contribution in [0, 0.1) is 11.3 Å². The summed E-state index contributed by atoms with van der Waals surface area (Å²) in [5.41, 5.74) is 0.436. The Morgan fingerprint density at radius 3 is 2.33 bits per heavy atom. The lowest BCUT2D eigenvalue weighted by molar-refractivity contribution is -0.137. The third kappa shape index (κ3) is 4.65. The van der Waals surface area contributed by atoms with Crippen molar-refractivity contribution in [2.75, 3.05) is 10.6 Å². The van der Waals surface area contributed by atoms with E-state index in [1.807, 2.05) is 6.07 Å². The molecular formula is C18H11ClF3N5. The Morgan fingerprint density at radius 2 is 1.67 bits per heavy atom. The molecule has 27 heavy (non-hydrogen) atoms. The molecule has 0 saturated carbocycles. The summed E-state index contributed by atoms with van der Waals surface area (Å²) in [7, 11) is 0. The average Bonchev–Trinajstić information content (AvgIpc) is 2.63.